The lowest BCUT2D eigenvalue weighted by Gasteiger charge is -2.37. The molecule has 2 amide bonds. The van der Waals surface area contributed by atoms with Crippen LogP contribution in [0.25, 0.3) is 0 Å². The van der Waals surface area contributed by atoms with Crippen LogP contribution in [-0.2, 0) is 6.42 Å². The van der Waals surface area contributed by atoms with E-state index in [1.807, 2.05) is 9.80 Å². The Morgan fingerprint density at radius 2 is 1.88 bits per heavy atom. The van der Waals surface area contributed by atoms with Crippen LogP contribution in [0.1, 0.15) is 44.6 Å². The van der Waals surface area contributed by atoms with E-state index in [1.165, 1.54) is 6.42 Å². The van der Waals surface area contributed by atoms with Crippen LogP contribution in [-0.4, -0.2) is 58.0 Å². The van der Waals surface area contributed by atoms with Crippen LogP contribution in [0.4, 0.5) is 16.6 Å². The van der Waals surface area contributed by atoms with Gasteiger partial charge in [0.05, 0.1) is 0 Å². The second-order valence-electron chi connectivity index (χ2n) is 6.69. The number of nitrogens with zero attached hydrogens (tertiary/aromatic N) is 4. The number of hydrogen-bond donors (Lipinski definition) is 2. The Hall–Kier alpha value is -2.05. The summed E-state index contributed by atoms with van der Waals surface area (Å²) in [5, 5.41) is 3.50. The number of urea groups is 1. The van der Waals surface area contributed by atoms with Gasteiger partial charge in [-0.15, -0.1) is 0 Å². The maximum atomic E-state index is 12.6. The number of amides is 2. The smallest absolute Gasteiger partial charge is 0.319 e. The Balaban J connectivity index is 1.53. The van der Waals surface area contributed by atoms with Crippen molar-refractivity contribution in [1.29, 1.82) is 0 Å². The molecule has 3 rings (SSSR count). The number of aryl methyl sites for hydroxylation is 1. The van der Waals surface area contributed by atoms with Crippen molar-refractivity contribution < 1.29 is 4.79 Å². The summed E-state index contributed by atoms with van der Waals surface area (Å²) in [7, 11) is 0. The van der Waals surface area contributed by atoms with E-state index >= 15 is 0 Å². The zero-order valence-electron chi connectivity index (χ0n) is 14.5. The first-order chi connectivity index (χ1) is 11.7. The molecule has 0 radical (unpaired) electrons. The number of carbonyl (C=O) groups is 1. The molecule has 0 atom stereocenters. The van der Waals surface area contributed by atoms with Gasteiger partial charge in [-0.25, -0.2) is 9.78 Å². The fourth-order valence-electron chi connectivity index (χ4n) is 3.50. The van der Waals surface area contributed by atoms with Crippen molar-refractivity contribution in [3.63, 3.8) is 0 Å². The van der Waals surface area contributed by atoms with Gasteiger partial charge in [-0.3, -0.25) is 0 Å². The van der Waals surface area contributed by atoms with Crippen LogP contribution >= 0.6 is 0 Å². The van der Waals surface area contributed by atoms with E-state index in [0.717, 1.165) is 69.7 Å². The third-order valence-electron chi connectivity index (χ3n) is 5.00. The molecule has 2 aliphatic heterocycles. The maximum absolute atomic E-state index is 12.6. The second-order valence-corrected chi connectivity index (χ2v) is 6.69. The number of piperidine rings is 2. The molecule has 0 spiro atoms. The predicted molar refractivity (Wildman–Crippen MR) is 94.9 cm³/mol. The summed E-state index contributed by atoms with van der Waals surface area (Å²) in [6, 6.07) is 0.545. The molecule has 0 aliphatic carbocycles. The zero-order valence-corrected chi connectivity index (χ0v) is 14.5. The molecule has 1 aromatic heterocycles. The average Bonchev–Trinajstić information content (AvgIpc) is 2.63. The molecular formula is C17H28N6O. The van der Waals surface area contributed by atoms with Gasteiger partial charge in [0.1, 0.15) is 5.82 Å². The van der Waals surface area contributed by atoms with Crippen molar-refractivity contribution >= 4 is 17.8 Å². The Labute approximate surface area is 143 Å². The van der Waals surface area contributed by atoms with Gasteiger partial charge in [-0.2, -0.15) is 4.98 Å². The zero-order chi connectivity index (χ0) is 16.9. The van der Waals surface area contributed by atoms with Gasteiger partial charge in [0.15, 0.2) is 0 Å². The van der Waals surface area contributed by atoms with Crippen LogP contribution in [0, 0.1) is 0 Å². The monoisotopic (exact) mass is 332 g/mol. The van der Waals surface area contributed by atoms with Gasteiger partial charge in [0.25, 0.3) is 0 Å². The number of nitrogens with one attached hydrogen (secondary N) is 1. The number of carbonyl (C=O) groups excluding carboxylic acids is 1. The van der Waals surface area contributed by atoms with Crippen LogP contribution in [0.15, 0.2) is 6.20 Å². The minimum atomic E-state index is 0.216. The van der Waals surface area contributed by atoms with E-state index in [9.17, 15) is 4.79 Å². The Morgan fingerprint density at radius 3 is 2.54 bits per heavy atom. The van der Waals surface area contributed by atoms with Gasteiger partial charge in [-0.1, -0.05) is 6.92 Å². The normalized spacial score (nSPS) is 19.4. The molecule has 3 N–H and O–H groups in total. The third-order valence-corrected chi connectivity index (χ3v) is 5.00. The fourth-order valence-corrected chi connectivity index (χ4v) is 3.50. The van der Waals surface area contributed by atoms with E-state index in [2.05, 4.69) is 22.2 Å². The van der Waals surface area contributed by atoms with Crippen LogP contribution in [0.2, 0.25) is 0 Å². The molecule has 7 heteroatoms. The number of rotatable bonds is 3. The molecule has 24 heavy (non-hydrogen) atoms. The number of nitrogens with two attached hydrogens (primary N) is 1. The highest BCUT2D eigenvalue weighted by Gasteiger charge is 2.27. The molecular weight excluding hydrogens is 304 g/mol. The van der Waals surface area contributed by atoms with Gasteiger partial charge in [0.2, 0.25) is 5.95 Å². The van der Waals surface area contributed by atoms with Crippen molar-refractivity contribution in [2.75, 3.05) is 37.2 Å². The lowest BCUT2D eigenvalue weighted by atomic mass is 10.0. The lowest BCUT2D eigenvalue weighted by Crippen LogP contribution is -2.49. The minimum Gasteiger partial charge on any atom is -0.368 e. The molecule has 1 aromatic rings. The summed E-state index contributed by atoms with van der Waals surface area (Å²) in [5.41, 5.74) is 6.79. The van der Waals surface area contributed by atoms with Crippen molar-refractivity contribution in [2.45, 2.75) is 51.5 Å². The summed E-state index contributed by atoms with van der Waals surface area (Å²) < 4.78 is 0. The molecule has 2 aliphatic rings. The summed E-state index contributed by atoms with van der Waals surface area (Å²) in [4.78, 5) is 25.0. The molecule has 0 unspecified atom stereocenters. The molecule has 2 saturated heterocycles. The minimum absolute atomic E-state index is 0.216. The highest BCUT2D eigenvalue weighted by molar-refractivity contribution is 5.74. The van der Waals surface area contributed by atoms with Crippen molar-refractivity contribution in [1.82, 2.24) is 19.8 Å². The summed E-state index contributed by atoms with van der Waals surface area (Å²) >= 11 is 0. The van der Waals surface area contributed by atoms with Crippen molar-refractivity contribution in [3.8, 4) is 0 Å². The lowest BCUT2D eigenvalue weighted by molar-refractivity contribution is 0.133. The fraction of sp³-hybridized carbons (Fsp3) is 0.706. The molecule has 3 heterocycles. The van der Waals surface area contributed by atoms with Gasteiger partial charge in [0, 0.05) is 44.0 Å². The number of aromatic nitrogens is 2. The van der Waals surface area contributed by atoms with E-state index in [4.69, 9.17) is 5.73 Å². The van der Waals surface area contributed by atoms with Crippen LogP contribution in [0.5, 0.6) is 0 Å². The van der Waals surface area contributed by atoms with E-state index in [1.54, 1.807) is 6.20 Å². The molecule has 0 saturated carbocycles. The predicted octanol–water partition coefficient (Wildman–Crippen LogP) is 2.10. The highest BCUT2D eigenvalue weighted by atomic mass is 16.2. The molecule has 132 valence electrons. The quantitative estimate of drug-likeness (QED) is 0.885. The first-order valence-electron chi connectivity index (χ1n) is 9.09. The molecule has 7 nitrogen and oxygen atoms in total. The molecule has 0 bridgehead atoms. The molecule has 2 fully saturated rings. The first kappa shape index (κ1) is 16.8. The summed E-state index contributed by atoms with van der Waals surface area (Å²) in [6.07, 6.45) is 8.06. The van der Waals surface area contributed by atoms with E-state index in [-0.39, 0.29) is 6.03 Å². The second kappa shape index (κ2) is 7.68. The maximum Gasteiger partial charge on any atom is 0.319 e. The Bertz CT molecular complexity index is 564. The van der Waals surface area contributed by atoms with Crippen molar-refractivity contribution in [3.05, 3.63) is 11.8 Å². The largest absolute Gasteiger partial charge is 0.368 e. The number of anilines is 2. The SMILES string of the molecule is CCc1cnc(N)nc1NC1CCN(C(=O)N2CCCCC2)CC1. The molecule has 0 aromatic carbocycles. The number of nitrogen functional groups attached to an aromatic ring is 1. The Morgan fingerprint density at radius 1 is 1.21 bits per heavy atom. The van der Waals surface area contributed by atoms with Crippen molar-refractivity contribution in [2.24, 2.45) is 0 Å². The number of hydrogen-bond acceptors (Lipinski definition) is 5. The number of likely N-dealkylation sites (tertiary alicyclic amines) is 2. The van der Waals surface area contributed by atoms with Crippen LogP contribution < -0.4 is 11.1 Å². The van der Waals surface area contributed by atoms with E-state index < -0.39 is 0 Å². The van der Waals surface area contributed by atoms with E-state index in [0.29, 0.717) is 12.0 Å². The van der Waals surface area contributed by atoms with Gasteiger partial charge < -0.3 is 20.9 Å². The van der Waals surface area contributed by atoms with Gasteiger partial charge >= 0.3 is 6.03 Å². The third kappa shape index (κ3) is 3.88. The standard InChI is InChI=1S/C17H28N6O/c1-2-13-12-19-16(18)21-15(13)20-14-6-10-23(11-7-14)17(24)22-8-4-3-5-9-22/h12,14H,2-11H2,1H3,(H3,18,19,20,21). The Kier molecular flexibility index (Phi) is 5.37. The van der Waals surface area contributed by atoms with Crippen LogP contribution in [0.3, 0.4) is 0 Å². The van der Waals surface area contributed by atoms with Gasteiger partial charge in [-0.05, 0) is 38.5 Å². The average molecular weight is 332 g/mol. The first-order valence-corrected chi connectivity index (χ1v) is 9.09. The highest BCUT2D eigenvalue weighted by Crippen LogP contribution is 2.21. The summed E-state index contributed by atoms with van der Waals surface area (Å²) in [6.45, 7) is 5.51. The topological polar surface area (TPSA) is 87.4 Å². The summed E-state index contributed by atoms with van der Waals surface area (Å²) in [5.74, 6) is 1.14.